The maximum absolute atomic E-state index is 13.7. The van der Waals surface area contributed by atoms with Crippen LogP contribution in [0.1, 0.15) is 18.5 Å². The second-order valence-corrected chi connectivity index (χ2v) is 6.54. The highest BCUT2D eigenvalue weighted by atomic mass is 32.1. The molecule has 0 radical (unpaired) electrons. The maximum atomic E-state index is 13.7. The van der Waals surface area contributed by atoms with E-state index in [1.807, 2.05) is 24.3 Å². The van der Waals surface area contributed by atoms with Gasteiger partial charge in [0.05, 0.1) is 0 Å². The molecule has 2 aromatic carbocycles. The highest BCUT2D eigenvalue weighted by Crippen LogP contribution is 2.43. The number of rotatable bonds is 3. The highest BCUT2D eigenvalue weighted by Gasteiger charge is 2.20. The molecule has 0 aliphatic carbocycles. The summed E-state index contributed by atoms with van der Waals surface area (Å²) in [6.45, 7) is 2.17. The van der Waals surface area contributed by atoms with E-state index in [1.165, 1.54) is 22.1 Å². The summed E-state index contributed by atoms with van der Waals surface area (Å²) in [5.74, 6) is -0.174. The first-order valence-corrected chi connectivity index (χ1v) is 7.83. The van der Waals surface area contributed by atoms with Crippen LogP contribution in [0.15, 0.2) is 48.5 Å². The molecule has 1 aromatic heterocycles. The van der Waals surface area contributed by atoms with Gasteiger partial charge in [-0.05, 0) is 50.3 Å². The predicted octanol–water partition coefficient (Wildman–Crippen LogP) is 5.33. The van der Waals surface area contributed by atoms with Gasteiger partial charge in [-0.25, -0.2) is 4.39 Å². The molecule has 3 rings (SSSR count). The van der Waals surface area contributed by atoms with Crippen LogP contribution >= 0.6 is 11.3 Å². The van der Waals surface area contributed by atoms with Crippen molar-refractivity contribution in [3.05, 3.63) is 59.9 Å². The van der Waals surface area contributed by atoms with Gasteiger partial charge in [0.2, 0.25) is 0 Å². The molecule has 1 atom stereocenters. The van der Waals surface area contributed by atoms with Crippen molar-refractivity contribution in [1.29, 1.82) is 0 Å². The number of nitrogens with zero attached hydrogens (tertiary/aromatic N) is 1. The number of hydrogen-bond acceptors (Lipinski definition) is 2. The predicted molar refractivity (Wildman–Crippen MR) is 89.3 cm³/mol. The molecule has 0 aliphatic heterocycles. The number of hydrogen-bond donors (Lipinski definition) is 0. The molecule has 21 heavy (non-hydrogen) atoms. The lowest BCUT2D eigenvalue weighted by Crippen LogP contribution is -2.17. The lowest BCUT2D eigenvalue weighted by molar-refractivity contribution is 0.324. The summed E-state index contributed by atoms with van der Waals surface area (Å²) in [5.41, 5.74) is 2.41. The Morgan fingerprint density at radius 2 is 1.76 bits per heavy atom. The van der Waals surface area contributed by atoms with Crippen molar-refractivity contribution in [2.75, 3.05) is 14.1 Å². The Bertz CT molecular complexity index is 761. The molecule has 1 heterocycles. The minimum absolute atomic E-state index is 0.174. The molecule has 0 saturated heterocycles. The second kappa shape index (κ2) is 5.58. The topological polar surface area (TPSA) is 3.24 Å². The van der Waals surface area contributed by atoms with Gasteiger partial charge in [0, 0.05) is 21.0 Å². The van der Waals surface area contributed by atoms with E-state index in [0.717, 1.165) is 10.1 Å². The van der Waals surface area contributed by atoms with E-state index in [1.54, 1.807) is 17.4 Å². The molecule has 1 unspecified atom stereocenters. The minimum atomic E-state index is -0.174. The van der Waals surface area contributed by atoms with E-state index in [0.29, 0.717) is 0 Å². The zero-order valence-corrected chi connectivity index (χ0v) is 13.2. The summed E-state index contributed by atoms with van der Waals surface area (Å²) in [6.07, 6.45) is 0. The molecule has 0 bridgehead atoms. The van der Waals surface area contributed by atoms with Crippen LogP contribution in [-0.4, -0.2) is 19.0 Å². The Labute approximate surface area is 128 Å². The third kappa shape index (κ3) is 2.59. The van der Waals surface area contributed by atoms with Crippen LogP contribution < -0.4 is 0 Å². The first-order chi connectivity index (χ1) is 10.1. The van der Waals surface area contributed by atoms with Gasteiger partial charge in [0.15, 0.2) is 0 Å². The van der Waals surface area contributed by atoms with Crippen molar-refractivity contribution in [3.63, 3.8) is 0 Å². The van der Waals surface area contributed by atoms with Crippen LogP contribution in [0, 0.1) is 5.82 Å². The van der Waals surface area contributed by atoms with E-state index >= 15 is 0 Å². The van der Waals surface area contributed by atoms with Crippen LogP contribution in [0.3, 0.4) is 0 Å². The van der Waals surface area contributed by atoms with Gasteiger partial charge >= 0.3 is 0 Å². The number of fused-ring (bicyclic) bond motifs is 1. The van der Waals surface area contributed by atoms with Crippen LogP contribution in [0.25, 0.3) is 20.5 Å². The van der Waals surface area contributed by atoms with E-state index in [-0.39, 0.29) is 11.9 Å². The molecule has 0 aliphatic rings. The number of thiophene rings is 1. The summed E-state index contributed by atoms with van der Waals surface area (Å²) in [5, 5.41) is 1.03. The third-order valence-electron chi connectivity index (χ3n) is 3.92. The largest absolute Gasteiger partial charge is 0.303 e. The zero-order valence-electron chi connectivity index (χ0n) is 12.4. The van der Waals surface area contributed by atoms with Crippen molar-refractivity contribution in [1.82, 2.24) is 4.90 Å². The second-order valence-electron chi connectivity index (χ2n) is 5.49. The lowest BCUT2D eigenvalue weighted by atomic mass is 10.00. The van der Waals surface area contributed by atoms with Gasteiger partial charge in [-0.15, -0.1) is 11.3 Å². The molecular formula is C18H18FNS. The van der Waals surface area contributed by atoms with E-state index in [4.69, 9.17) is 0 Å². The molecule has 108 valence electrons. The fourth-order valence-electron chi connectivity index (χ4n) is 2.57. The van der Waals surface area contributed by atoms with E-state index in [9.17, 15) is 4.39 Å². The monoisotopic (exact) mass is 299 g/mol. The Morgan fingerprint density at radius 1 is 1.05 bits per heavy atom. The molecule has 3 heteroatoms. The molecule has 0 fully saturated rings. The zero-order chi connectivity index (χ0) is 15.0. The average Bonchev–Trinajstić information content (AvgIpc) is 2.85. The van der Waals surface area contributed by atoms with Gasteiger partial charge in [-0.2, -0.15) is 0 Å². The quantitative estimate of drug-likeness (QED) is 0.632. The summed E-state index contributed by atoms with van der Waals surface area (Å²) < 4.78 is 14.8. The summed E-state index contributed by atoms with van der Waals surface area (Å²) >= 11 is 1.74. The first-order valence-electron chi connectivity index (χ1n) is 7.01. The van der Waals surface area contributed by atoms with Crippen molar-refractivity contribution in [2.24, 2.45) is 0 Å². The number of halogens is 1. The van der Waals surface area contributed by atoms with Crippen molar-refractivity contribution >= 4 is 21.4 Å². The van der Waals surface area contributed by atoms with Crippen molar-refractivity contribution in [3.8, 4) is 10.4 Å². The Morgan fingerprint density at radius 3 is 2.43 bits per heavy atom. The Hall–Kier alpha value is -1.71. The summed E-state index contributed by atoms with van der Waals surface area (Å²) in [4.78, 5) is 3.40. The molecule has 3 aromatic rings. The fraction of sp³-hybridized carbons (Fsp3) is 0.222. The van der Waals surface area contributed by atoms with Crippen LogP contribution in [0.5, 0.6) is 0 Å². The van der Waals surface area contributed by atoms with E-state index < -0.39 is 0 Å². The lowest BCUT2D eigenvalue weighted by Gasteiger charge is -2.21. The van der Waals surface area contributed by atoms with Crippen molar-refractivity contribution in [2.45, 2.75) is 13.0 Å². The molecular weight excluding hydrogens is 281 g/mol. The van der Waals surface area contributed by atoms with Gasteiger partial charge in [0.25, 0.3) is 0 Å². The summed E-state index contributed by atoms with van der Waals surface area (Å²) in [7, 11) is 4.12. The Kier molecular flexibility index (Phi) is 3.79. The van der Waals surface area contributed by atoms with Crippen LogP contribution in [0.4, 0.5) is 4.39 Å². The van der Waals surface area contributed by atoms with Crippen LogP contribution in [-0.2, 0) is 0 Å². The average molecular weight is 299 g/mol. The van der Waals surface area contributed by atoms with Crippen LogP contribution in [0.2, 0.25) is 0 Å². The standard InChI is InChI=1S/C18H18FNS/c1-12(20(2)3)17-15-11-14(19)9-10-16(15)21-18(17)13-7-5-4-6-8-13/h4-12H,1-3H3. The first kappa shape index (κ1) is 14.2. The van der Waals surface area contributed by atoms with E-state index in [2.05, 4.69) is 38.1 Å². The molecule has 0 amide bonds. The molecule has 0 spiro atoms. The normalized spacial score (nSPS) is 13.0. The SMILES string of the molecule is CC(c1c(-c2ccccc2)sc2ccc(F)cc12)N(C)C. The molecule has 1 nitrogen and oxygen atoms in total. The minimum Gasteiger partial charge on any atom is -0.303 e. The van der Waals surface area contributed by atoms with Gasteiger partial charge in [-0.3, -0.25) is 0 Å². The summed E-state index contributed by atoms with van der Waals surface area (Å²) in [6, 6.07) is 15.7. The maximum Gasteiger partial charge on any atom is 0.123 e. The highest BCUT2D eigenvalue weighted by molar-refractivity contribution is 7.22. The fourth-order valence-corrected chi connectivity index (χ4v) is 3.85. The number of benzene rings is 2. The molecule has 0 N–H and O–H groups in total. The smallest absolute Gasteiger partial charge is 0.123 e. The van der Waals surface area contributed by atoms with Gasteiger partial charge < -0.3 is 4.90 Å². The third-order valence-corrected chi connectivity index (χ3v) is 5.15. The molecule has 0 saturated carbocycles. The van der Waals surface area contributed by atoms with Crippen molar-refractivity contribution < 1.29 is 4.39 Å². The Balaban J connectivity index is 2.31. The van der Waals surface area contributed by atoms with Gasteiger partial charge in [-0.1, -0.05) is 30.3 Å². The van der Waals surface area contributed by atoms with Gasteiger partial charge in [0.1, 0.15) is 5.82 Å².